The SMILES string of the molecule is C[C@@H]1OC(CO)[C@@H](OC(O)OO)C(O)C1O. The molecule has 0 aromatic heterocycles. The largest absolute Gasteiger partial charge is 0.394 e. The van der Waals surface area contributed by atoms with Crippen molar-refractivity contribution >= 4 is 0 Å². The molecule has 6 atom stereocenters. The van der Waals surface area contributed by atoms with Gasteiger partial charge in [-0.25, -0.2) is 5.26 Å². The van der Waals surface area contributed by atoms with Crippen molar-refractivity contribution in [1.82, 2.24) is 0 Å². The third kappa shape index (κ3) is 2.87. The normalized spacial score (nSPS) is 42.0. The van der Waals surface area contributed by atoms with E-state index in [9.17, 15) is 10.2 Å². The van der Waals surface area contributed by atoms with Gasteiger partial charge in [0.05, 0.1) is 12.7 Å². The molecule has 8 nitrogen and oxygen atoms in total. The molecular formula is C8H16O8. The monoisotopic (exact) mass is 240 g/mol. The number of rotatable bonds is 4. The van der Waals surface area contributed by atoms with Gasteiger partial charge >= 0.3 is 0 Å². The maximum atomic E-state index is 9.64. The van der Waals surface area contributed by atoms with E-state index in [4.69, 9.17) is 20.2 Å². The molecule has 1 aliphatic rings. The molecular weight excluding hydrogens is 224 g/mol. The lowest BCUT2D eigenvalue weighted by Gasteiger charge is -2.41. The van der Waals surface area contributed by atoms with Crippen LogP contribution in [0.1, 0.15) is 6.92 Å². The van der Waals surface area contributed by atoms with E-state index in [-0.39, 0.29) is 0 Å². The third-order valence-electron chi connectivity index (χ3n) is 2.47. The van der Waals surface area contributed by atoms with Crippen LogP contribution in [0.5, 0.6) is 0 Å². The van der Waals surface area contributed by atoms with E-state index in [2.05, 4.69) is 9.62 Å². The molecule has 5 N–H and O–H groups in total. The van der Waals surface area contributed by atoms with Crippen molar-refractivity contribution in [2.75, 3.05) is 6.61 Å². The fraction of sp³-hybridized carbons (Fsp3) is 1.00. The smallest absolute Gasteiger partial charge is 0.298 e. The Labute approximate surface area is 91.5 Å². The fourth-order valence-corrected chi connectivity index (χ4v) is 1.60. The zero-order valence-electron chi connectivity index (χ0n) is 8.63. The van der Waals surface area contributed by atoms with E-state index in [0.29, 0.717) is 0 Å². The summed E-state index contributed by atoms with van der Waals surface area (Å²) in [5, 5.41) is 45.1. The van der Waals surface area contributed by atoms with Crippen LogP contribution < -0.4 is 0 Å². The van der Waals surface area contributed by atoms with Crippen molar-refractivity contribution in [3.63, 3.8) is 0 Å². The molecule has 1 rings (SSSR count). The summed E-state index contributed by atoms with van der Waals surface area (Å²) >= 11 is 0. The van der Waals surface area contributed by atoms with Gasteiger partial charge in [0.2, 0.25) is 0 Å². The topological polar surface area (TPSA) is 129 Å². The zero-order chi connectivity index (χ0) is 12.3. The van der Waals surface area contributed by atoms with E-state index < -0.39 is 43.6 Å². The quantitative estimate of drug-likeness (QED) is 0.210. The van der Waals surface area contributed by atoms with Gasteiger partial charge in [0.25, 0.3) is 6.48 Å². The van der Waals surface area contributed by atoms with Gasteiger partial charge in [0, 0.05) is 0 Å². The Morgan fingerprint density at radius 3 is 2.44 bits per heavy atom. The highest BCUT2D eigenvalue weighted by Crippen LogP contribution is 2.23. The van der Waals surface area contributed by atoms with Gasteiger partial charge in [-0.2, -0.15) is 4.89 Å². The average molecular weight is 240 g/mol. The van der Waals surface area contributed by atoms with Crippen LogP contribution >= 0.6 is 0 Å². The molecule has 0 spiro atoms. The summed E-state index contributed by atoms with van der Waals surface area (Å²) in [6, 6.07) is 0. The molecule has 8 heteroatoms. The Morgan fingerprint density at radius 1 is 1.31 bits per heavy atom. The second-order valence-electron chi connectivity index (χ2n) is 3.56. The van der Waals surface area contributed by atoms with E-state index >= 15 is 0 Å². The van der Waals surface area contributed by atoms with Crippen molar-refractivity contribution in [2.45, 2.75) is 43.9 Å². The van der Waals surface area contributed by atoms with Gasteiger partial charge in [-0.1, -0.05) is 0 Å². The first-order valence-electron chi connectivity index (χ1n) is 4.77. The van der Waals surface area contributed by atoms with Gasteiger partial charge in [-0.15, -0.1) is 0 Å². The van der Waals surface area contributed by atoms with Gasteiger partial charge in [-0.05, 0) is 6.92 Å². The molecule has 0 bridgehead atoms. The lowest BCUT2D eigenvalue weighted by molar-refractivity contribution is -0.433. The molecule has 1 fully saturated rings. The van der Waals surface area contributed by atoms with Crippen molar-refractivity contribution in [3.8, 4) is 0 Å². The van der Waals surface area contributed by atoms with Gasteiger partial charge in [-0.3, -0.25) is 0 Å². The second-order valence-corrected chi connectivity index (χ2v) is 3.56. The van der Waals surface area contributed by atoms with E-state index in [1.807, 2.05) is 0 Å². The Hall–Kier alpha value is -0.320. The third-order valence-corrected chi connectivity index (χ3v) is 2.47. The summed E-state index contributed by atoms with van der Waals surface area (Å²) < 4.78 is 9.81. The van der Waals surface area contributed by atoms with Crippen LogP contribution in [0.25, 0.3) is 0 Å². The number of hydrogen-bond acceptors (Lipinski definition) is 8. The predicted octanol–water partition coefficient (Wildman–Crippen LogP) is -2.36. The zero-order valence-corrected chi connectivity index (χ0v) is 8.63. The van der Waals surface area contributed by atoms with Gasteiger partial charge in [0.15, 0.2) is 0 Å². The molecule has 1 aliphatic heterocycles. The predicted molar refractivity (Wildman–Crippen MR) is 48.0 cm³/mol. The summed E-state index contributed by atoms with van der Waals surface area (Å²) in [6.45, 7) is -0.944. The van der Waals surface area contributed by atoms with E-state index in [1.54, 1.807) is 0 Å². The Balaban J connectivity index is 2.69. The molecule has 1 saturated heterocycles. The van der Waals surface area contributed by atoms with Crippen LogP contribution in [0.4, 0.5) is 0 Å². The minimum Gasteiger partial charge on any atom is -0.394 e. The van der Waals surface area contributed by atoms with Crippen LogP contribution in [-0.2, 0) is 14.4 Å². The van der Waals surface area contributed by atoms with E-state index in [1.165, 1.54) is 6.92 Å². The van der Waals surface area contributed by atoms with Gasteiger partial charge in [0.1, 0.15) is 24.4 Å². The summed E-state index contributed by atoms with van der Waals surface area (Å²) in [5.41, 5.74) is 0. The molecule has 0 aromatic carbocycles. The molecule has 96 valence electrons. The summed E-state index contributed by atoms with van der Waals surface area (Å²) in [6.07, 6.45) is -5.42. The van der Waals surface area contributed by atoms with Crippen LogP contribution in [-0.4, -0.2) is 69.3 Å². The minimum atomic E-state index is -1.99. The Morgan fingerprint density at radius 2 is 1.94 bits per heavy atom. The number of aliphatic hydroxyl groups is 4. The van der Waals surface area contributed by atoms with Crippen molar-refractivity contribution in [2.24, 2.45) is 0 Å². The first-order valence-corrected chi connectivity index (χ1v) is 4.77. The number of aliphatic hydroxyl groups excluding tert-OH is 4. The molecule has 0 amide bonds. The van der Waals surface area contributed by atoms with Crippen molar-refractivity contribution in [1.29, 1.82) is 0 Å². The van der Waals surface area contributed by atoms with E-state index in [0.717, 1.165) is 0 Å². The van der Waals surface area contributed by atoms with Crippen LogP contribution in [0.2, 0.25) is 0 Å². The summed E-state index contributed by atoms with van der Waals surface area (Å²) in [5.74, 6) is 0. The lowest BCUT2D eigenvalue weighted by Crippen LogP contribution is -2.59. The highest BCUT2D eigenvalue weighted by Gasteiger charge is 2.44. The van der Waals surface area contributed by atoms with Crippen molar-refractivity contribution in [3.05, 3.63) is 0 Å². The molecule has 0 aliphatic carbocycles. The average Bonchev–Trinajstić information content (AvgIpc) is 2.29. The first kappa shape index (κ1) is 13.7. The van der Waals surface area contributed by atoms with Crippen LogP contribution in [0, 0.1) is 0 Å². The molecule has 0 aromatic rings. The van der Waals surface area contributed by atoms with Crippen molar-refractivity contribution < 1.29 is 40.0 Å². The maximum Gasteiger partial charge on any atom is 0.298 e. The Kier molecular flexibility index (Phi) is 5.02. The number of ether oxygens (including phenoxy) is 2. The summed E-state index contributed by atoms with van der Waals surface area (Å²) in [7, 11) is 0. The Bertz CT molecular complexity index is 210. The second kappa shape index (κ2) is 5.84. The fourth-order valence-electron chi connectivity index (χ4n) is 1.60. The summed E-state index contributed by atoms with van der Waals surface area (Å²) in [4.78, 5) is 3.46. The first-order chi connectivity index (χ1) is 7.51. The van der Waals surface area contributed by atoms with Crippen LogP contribution in [0.3, 0.4) is 0 Å². The molecule has 0 radical (unpaired) electrons. The lowest BCUT2D eigenvalue weighted by atomic mass is 9.96. The maximum absolute atomic E-state index is 9.64. The molecule has 1 heterocycles. The van der Waals surface area contributed by atoms with Crippen LogP contribution in [0.15, 0.2) is 0 Å². The molecule has 16 heavy (non-hydrogen) atoms. The molecule has 4 unspecified atom stereocenters. The molecule has 0 saturated carbocycles. The standard InChI is InChI=1S/C8H16O8/c1-3-5(10)6(11)7(4(2-9)14-3)15-8(12)16-13/h3-13H,2H2,1H3/t3-,4?,5?,6?,7+,8?/m0/s1. The minimum absolute atomic E-state index is 0.475. The highest BCUT2D eigenvalue weighted by molar-refractivity contribution is 4.91. The number of hydrogen-bond donors (Lipinski definition) is 5. The van der Waals surface area contributed by atoms with Gasteiger partial charge < -0.3 is 29.9 Å². The highest BCUT2D eigenvalue weighted by atomic mass is 17.2.